The van der Waals surface area contributed by atoms with Gasteiger partial charge in [-0.3, -0.25) is 23.6 Å². The normalized spacial score (nSPS) is 16.0. The smallest absolute Gasteiger partial charge is 0.390 e. The number of benzene rings is 1. The Morgan fingerprint density at radius 1 is 1.11 bits per heavy atom. The highest BCUT2D eigenvalue weighted by atomic mass is 31.2. The van der Waals surface area contributed by atoms with Crippen molar-refractivity contribution in [1.29, 1.82) is 5.26 Å². The maximum Gasteiger partial charge on any atom is 0.476 e. The van der Waals surface area contributed by atoms with Gasteiger partial charge in [-0.05, 0) is 13.0 Å². The van der Waals surface area contributed by atoms with Crippen LogP contribution in [0.4, 0.5) is 8.78 Å². The minimum Gasteiger partial charge on any atom is -0.390 e. The summed E-state index contributed by atoms with van der Waals surface area (Å²) in [4.78, 5) is 15.5. The van der Waals surface area contributed by atoms with Crippen LogP contribution in [0.1, 0.15) is 18.9 Å². The number of nitrogens with zero attached hydrogens (tertiary/aromatic N) is 6. The first-order valence-electron chi connectivity index (χ1n) is 11.2. The SMILES string of the molecule is CC[N+](C)(C)CCOP(=O)(OCCC#N)OC(CN=CN=CN)(CN=CN=CN)c1ccc(F)cc1F. The molecule has 0 bridgehead atoms. The third kappa shape index (κ3) is 11.2. The quantitative estimate of drug-likeness (QED) is 0.0998. The number of likely N-dealkylation sites (N-methyl/N-ethyl adjacent to an activating group) is 1. The molecule has 0 aliphatic carbocycles. The molecular weight excluding hydrogens is 509 g/mol. The molecule has 1 rings (SSSR count). The fourth-order valence-electron chi connectivity index (χ4n) is 2.80. The number of halogens is 2. The van der Waals surface area contributed by atoms with Crippen molar-refractivity contribution >= 4 is 33.2 Å². The molecule has 0 amide bonds. The molecule has 0 spiro atoms. The second kappa shape index (κ2) is 15.9. The van der Waals surface area contributed by atoms with Gasteiger partial charge in [-0.1, -0.05) is 6.07 Å². The zero-order valence-electron chi connectivity index (χ0n) is 21.2. The third-order valence-corrected chi connectivity index (χ3v) is 6.71. The minimum absolute atomic E-state index is 0.0475. The van der Waals surface area contributed by atoms with Gasteiger partial charge in [0.1, 0.15) is 43.1 Å². The highest BCUT2D eigenvalue weighted by Gasteiger charge is 2.45. The molecule has 1 aromatic carbocycles. The van der Waals surface area contributed by atoms with Gasteiger partial charge in [0.05, 0.1) is 65.5 Å². The van der Waals surface area contributed by atoms with Gasteiger partial charge in [0.15, 0.2) is 0 Å². The molecule has 204 valence electrons. The number of nitrogens with two attached hydrogens (primary N) is 2. The van der Waals surface area contributed by atoms with Gasteiger partial charge in [0.2, 0.25) is 0 Å². The molecule has 37 heavy (non-hydrogen) atoms. The van der Waals surface area contributed by atoms with Gasteiger partial charge >= 0.3 is 7.82 Å². The van der Waals surface area contributed by atoms with E-state index in [0.29, 0.717) is 17.1 Å². The summed E-state index contributed by atoms with van der Waals surface area (Å²) >= 11 is 0. The highest BCUT2D eigenvalue weighted by Crippen LogP contribution is 2.55. The Morgan fingerprint density at radius 3 is 2.22 bits per heavy atom. The van der Waals surface area contributed by atoms with Crippen LogP contribution >= 0.6 is 7.82 Å². The predicted molar refractivity (Wildman–Crippen MR) is 138 cm³/mol. The fourth-order valence-corrected chi connectivity index (χ4v) is 4.24. The van der Waals surface area contributed by atoms with Crippen LogP contribution in [-0.4, -0.2) is 83.3 Å². The van der Waals surface area contributed by atoms with Crippen LogP contribution in [0.2, 0.25) is 0 Å². The van der Waals surface area contributed by atoms with E-state index in [4.69, 9.17) is 30.3 Å². The summed E-state index contributed by atoms with van der Waals surface area (Å²) in [5, 5.41) is 8.91. The lowest BCUT2D eigenvalue weighted by atomic mass is 9.93. The van der Waals surface area contributed by atoms with Gasteiger partial charge in [0.25, 0.3) is 0 Å². The van der Waals surface area contributed by atoms with E-state index in [1.165, 1.54) is 0 Å². The standard InChI is InChI=1S/C22H34F2N8O4P/c1-4-32(2,3)9-11-35-37(33,34-10-5-8-25)36-22(13-28-17-30-15-26,14-29-18-31-16-27)20-7-6-19(23)12-21(20)24/h6-7,12,15-18H,4-5,9-11,13-14H2,1-3H3,(H2,26,28,30)(H2,27,29,31)/q+1. The molecule has 0 radical (unpaired) electrons. The van der Waals surface area contributed by atoms with Gasteiger partial charge < -0.3 is 16.0 Å². The summed E-state index contributed by atoms with van der Waals surface area (Å²) in [5.41, 5.74) is 8.31. The Bertz CT molecular complexity index is 1040. The first kappa shape index (κ1) is 31.9. The number of hydrogen-bond donors (Lipinski definition) is 2. The van der Waals surface area contributed by atoms with E-state index in [2.05, 4.69) is 20.0 Å². The Hall–Kier alpha value is -3.08. The maximum atomic E-state index is 15.1. The molecule has 12 nitrogen and oxygen atoms in total. The average molecular weight is 544 g/mol. The van der Waals surface area contributed by atoms with Crippen LogP contribution < -0.4 is 11.5 Å². The first-order chi connectivity index (χ1) is 17.6. The first-order valence-corrected chi connectivity index (χ1v) is 12.7. The average Bonchev–Trinajstić information content (AvgIpc) is 2.84. The number of phosphoric ester groups is 1. The molecule has 0 aliphatic heterocycles. The van der Waals surface area contributed by atoms with Gasteiger partial charge in [-0.2, -0.15) is 5.26 Å². The summed E-state index contributed by atoms with van der Waals surface area (Å²) in [5.74, 6) is -1.85. The molecule has 0 saturated carbocycles. The summed E-state index contributed by atoms with van der Waals surface area (Å²) in [6.07, 6.45) is 3.99. The zero-order chi connectivity index (χ0) is 27.8. The molecule has 0 heterocycles. The van der Waals surface area contributed by atoms with Gasteiger partial charge in [0, 0.05) is 11.6 Å². The van der Waals surface area contributed by atoms with Gasteiger partial charge in [-0.15, -0.1) is 0 Å². The molecule has 0 fully saturated rings. The van der Waals surface area contributed by atoms with Crippen molar-refractivity contribution < 1.29 is 31.4 Å². The Morgan fingerprint density at radius 2 is 1.70 bits per heavy atom. The summed E-state index contributed by atoms with van der Waals surface area (Å²) in [6, 6.07) is 4.63. The molecule has 15 heteroatoms. The minimum atomic E-state index is -4.47. The van der Waals surface area contributed by atoms with Crippen molar-refractivity contribution in [1.82, 2.24) is 0 Å². The molecule has 0 aromatic heterocycles. The monoisotopic (exact) mass is 543 g/mol. The van der Waals surface area contributed by atoms with E-state index in [-0.39, 0.29) is 25.2 Å². The molecular formula is C22H34F2N8O4P+. The highest BCUT2D eigenvalue weighted by molar-refractivity contribution is 7.48. The lowest BCUT2D eigenvalue weighted by Crippen LogP contribution is -2.42. The Labute approximate surface area is 215 Å². The van der Waals surface area contributed by atoms with E-state index in [0.717, 1.165) is 44.0 Å². The fraction of sp³-hybridized carbons (Fsp3) is 0.500. The maximum absolute atomic E-state index is 15.1. The van der Waals surface area contributed by atoms with E-state index in [1.807, 2.05) is 27.1 Å². The lowest BCUT2D eigenvalue weighted by molar-refractivity contribution is -0.888. The van der Waals surface area contributed by atoms with Crippen molar-refractivity contribution in [2.45, 2.75) is 18.9 Å². The van der Waals surface area contributed by atoms with Crippen molar-refractivity contribution in [2.75, 3.05) is 53.5 Å². The van der Waals surface area contributed by atoms with Crippen molar-refractivity contribution in [2.24, 2.45) is 31.4 Å². The largest absolute Gasteiger partial charge is 0.476 e. The number of rotatable bonds is 17. The van der Waals surface area contributed by atoms with Crippen LogP contribution in [0.15, 0.2) is 38.2 Å². The molecule has 1 aromatic rings. The molecule has 1 atom stereocenters. The molecule has 0 aliphatic rings. The van der Waals surface area contributed by atoms with Crippen LogP contribution in [0.25, 0.3) is 0 Å². The number of nitriles is 1. The number of aliphatic imine (C=N–C) groups is 4. The summed E-state index contributed by atoms with van der Waals surface area (Å²) < 4.78 is 60.1. The van der Waals surface area contributed by atoms with E-state index in [9.17, 15) is 8.96 Å². The van der Waals surface area contributed by atoms with E-state index in [1.54, 1.807) is 0 Å². The van der Waals surface area contributed by atoms with Crippen LogP contribution in [0.5, 0.6) is 0 Å². The third-order valence-electron chi connectivity index (χ3n) is 5.14. The van der Waals surface area contributed by atoms with Crippen molar-refractivity contribution in [3.05, 3.63) is 35.4 Å². The zero-order valence-corrected chi connectivity index (χ0v) is 22.1. The lowest BCUT2D eigenvalue weighted by Gasteiger charge is -2.34. The van der Waals surface area contributed by atoms with E-state index < -0.39 is 38.1 Å². The van der Waals surface area contributed by atoms with Crippen LogP contribution in [0, 0.1) is 23.0 Å². The summed E-state index contributed by atoms with van der Waals surface area (Å²) in [6.45, 7) is 2.05. The number of hydrogen-bond acceptors (Lipinski definition) is 7. The van der Waals surface area contributed by atoms with Crippen molar-refractivity contribution in [3.63, 3.8) is 0 Å². The summed E-state index contributed by atoms with van der Waals surface area (Å²) in [7, 11) is -0.576. The van der Waals surface area contributed by atoms with Crippen LogP contribution in [0.3, 0.4) is 0 Å². The second-order valence-electron chi connectivity index (χ2n) is 8.22. The van der Waals surface area contributed by atoms with Crippen LogP contribution in [-0.2, 0) is 23.7 Å². The second-order valence-corrected chi connectivity index (χ2v) is 9.81. The predicted octanol–water partition coefficient (Wildman–Crippen LogP) is 2.36. The Kier molecular flexibility index (Phi) is 13.7. The molecule has 4 N–H and O–H groups in total. The van der Waals surface area contributed by atoms with Gasteiger partial charge in [-0.25, -0.2) is 23.3 Å². The number of phosphoric acid groups is 1. The molecule has 0 saturated heterocycles. The molecule has 1 unspecified atom stereocenters. The topological polar surface area (TPSA) is 170 Å². The number of quaternary nitrogens is 1. The Balaban J connectivity index is 3.59. The van der Waals surface area contributed by atoms with Crippen molar-refractivity contribution in [3.8, 4) is 6.07 Å². The van der Waals surface area contributed by atoms with E-state index >= 15 is 4.39 Å².